The third kappa shape index (κ3) is 3.01. The number of nitrogen functional groups attached to an aromatic ring is 1. The van der Waals surface area contributed by atoms with Crippen molar-refractivity contribution in [2.24, 2.45) is 5.73 Å². The number of primary amides is 1. The molecular formula is C12H17N3O2S. The van der Waals surface area contributed by atoms with Crippen molar-refractivity contribution < 1.29 is 9.00 Å². The summed E-state index contributed by atoms with van der Waals surface area (Å²) in [6, 6.07) is 5.29. The maximum Gasteiger partial charge on any atom is 0.248 e. The van der Waals surface area contributed by atoms with Gasteiger partial charge < -0.3 is 16.8 Å². The number of benzene rings is 1. The average molecular weight is 267 g/mol. The fourth-order valence-electron chi connectivity index (χ4n) is 2.01. The second-order valence-corrected chi connectivity index (χ2v) is 6.13. The van der Waals surface area contributed by atoms with Crippen LogP contribution in [-0.2, 0) is 10.8 Å². The van der Waals surface area contributed by atoms with Crippen LogP contribution in [0.25, 0.3) is 0 Å². The third-order valence-electron chi connectivity index (χ3n) is 3.08. The molecule has 1 amide bonds. The van der Waals surface area contributed by atoms with Crippen LogP contribution in [0.2, 0.25) is 0 Å². The number of hydrogen-bond acceptors (Lipinski definition) is 4. The van der Waals surface area contributed by atoms with Gasteiger partial charge in [-0.05, 0) is 31.0 Å². The molecule has 1 aromatic carbocycles. The Morgan fingerprint density at radius 1 is 1.33 bits per heavy atom. The maximum atomic E-state index is 11.3. The summed E-state index contributed by atoms with van der Waals surface area (Å²) in [4.78, 5) is 11.0. The van der Waals surface area contributed by atoms with Gasteiger partial charge >= 0.3 is 0 Å². The van der Waals surface area contributed by atoms with Crippen LogP contribution in [0.3, 0.4) is 0 Å². The van der Waals surface area contributed by atoms with Crippen molar-refractivity contribution in [3.63, 3.8) is 0 Å². The molecule has 1 saturated heterocycles. The first-order valence-corrected chi connectivity index (χ1v) is 7.36. The van der Waals surface area contributed by atoms with E-state index in [1.54, 1.807) is 18.2 Å². The molecule has 0 atom stereocenters. The molecule has 0 saturated carbocycles. The number of nitrogens with one attached hydrogen (secondary N) is 1. The predicted octanol–water partition coefficient (Wildman–Crippen LogP) is 0.691. The van der Waals surface area contributed by atoms with E-state index < -0.39 is 16.7 Å². The van der Waals surface area contributed by atoms with Gasteiger partial charge in [-0.15, -0.1) is 0 Å². The lowest BCUT2D eigenvalue weighted by Crippen LogP contribution is -2.29. The fraction of sp³-hybridized carbons (Fsp3) is 0.417. The van der Waals surface area contributed by atoms with Crippen molar-refractivity contribution in [1.29, 1.82) is 0 Å². The van der Waals surface area contributed by atoms with Crippen LogP contribution < -0.4 is 16.8 Å². The quantitative estimate of drug-likeness (QED) is 0.702. The molecule has 1 aromatic rings. The minimum atomic E-state index is -0.667. The molecule has 18 heavy (non-hydrogen) atoms. The Bertz CT molecular complexity index is 480. The lowest BCUT2D eigenvalue weighted by Gasteiger charge is -2.24. The fourth-order valence-corrected chi connectivity index (χ4v) is 3.30. The topological polar surface area (TPSA) is 98.2 Å². The minimum absolute atomic E-state index is 0.296. The van der Waals surface area contributed by atoms with Gasteiger partial charge in [0.15, 0.2) is 0 Å². The Morgan fingerprint density at radius 3 is 2.56 bits per heavy atom. The second-order valence-electron chi connectivity index (χ2n) is 4.43. The van der Waals surface area contributed by atoms with E-state index in [0.29, 0.717) is 17.3 Å². The van der Waals surface area contributed by atoms with E-state index in [4.69, 9.17) is 11.5 Å². The van der Waals surface area contributed by atoms with Crippen LogP contribution in [-0.4, -0.2) is 27.7 Å². The molecule has 1 fully saturated rings. The second kappa shape index (κ2) is 5.39. The average Bonchev–Trinajstić information content (AvgIpc) is 2.34. The zero-order valence-corrected chi connectivity index (χ0v) is 10.8. The monoisotopic (exact) mass is 267 g/mol. The number of carbonyl (C=O) groups excluding carboxylic acids is 1. The summed E-state index contributed by atoms with van der Waals surface area (Å²) in [7, 11) is -0.667. The van der Waals surface area contributed by atoms with E-state index in [1.165, 1.54) is 0 Å². The predicted molar refractivity (Wildman–Crippen MR) is 73.9 cm³/mol. The first kappa shape index (κ1) is 12.9. The molecule has 5 N–H and O–H groups in total. The van der Waals surface area contributed by atoms with Gasteiger partial charge in [0, 0.05) is 33.9 Å². The van der Waals surface area contributed by atoms with Gasteiger partial charge in [0.25, 0.3) is 0 Å². The normalized spacial score (nSPS) is 23.6. The smallest absolute Gasteiger partial charge is 0.248 e. The first-order chi connectivity index (χ1) is 8.56. The van der Waals surface area contributed by atoms with Crippen LogP contribution in [0, 0.1) is 0 Å². The number of amides is 1. The first-order valence-electron chi connectivity index (χ1n) is 5.87. The Kier molecular flexibility index (Phi) is 3.86. The molecule has 1 aliphatic heterocycles. The highest BCUT2D eigenvalue weighted by Gasteiger charge is 2.18. The van der Waals surface area contributed by atoms with E-state index in [-0.39, 0.29) is 0 Å². The molecule has 0 radical (unpaired) electrons. The molecule has 0 spiro atoms. The van der Waals surface area contributed by atoms with Crippen molar-refractivity contribution in [3.8, 4) is 0 Å². The largest absolute Gasteiger partial charge is 0.397 e. The summed E-state index contributed by atoms with van der Waals surface area (Å²) >= 11 is 0. The SMILES string of the molecule is NC(=O)c1ccc(NC2CCS(=O)CC2)c(N)c1. The molecule has 1 aliphatic rings. The Balaban J connectivity index is 2.05. The molecule has 98 valence electrons. The highest BCUT2D eigenvalue weighted by Crippen LogP contribution is 2.23. The van der Waals surface area contributed by atoms with Crippen molar-refractivity contribution in [1.82, 2.24) is 0 Å². The number of hydrogen-bond donors (Lipinski definition) is 3. The summed E-state index contributed by atoms with van der Waals surface area (Å²) in [6.07, 6.45) is 1.76. The highest BCUT2D eigenvalue weighted by atomic mass is 32.2. The number of anilines is 2. The minimum Gasteiger partial charge on any atom is -0.397 e. The molecule has 6 heteroatoms. The van der Waals surface area contributed by atoms with Crippen molar-refractivity contribution in [2.75, 3.05) is 22.6 Å². The summed E-state index contributed by atoms with van der Waals surface area (Å²) in [5.41, 5.74) is 12.8. The van der Waals surface area contributed by atoms with E-state index >= 15 is 0 Å². The van der Waals surface area contributed by atoms with Gasteiger partial charge in [-0.25, -0.2) is 0 Å². The summed E-state index contributed by atoms with van der Waals surface area (Å²) in [6.45, 7) is 0. The van der Waals surface area contributed by atoms with E-state index in [2.05, 4.69) is 5.32 Å². The zero-order chi connectivity index (χ0) is 13.1. The standard InChI is InChI=1S/C12H17N3O2S/c13-10-7-8(12(14)16)1-2-11(10)15-9-3-5-18(17)6-4-9/h1-2,7,9,15H,3-6,13H2,(H2,14,16). The number of rotatable bonds is 3. The molecule has 0 aliphatic carbocycles. The number of nitrogens with two attached hydrogens (primary N) is 2. The molecule has 0 aromatic heterocycles. The zero-order valence-electron chi connectivity index (χ0n) is 10.0. The van der Waals surface area contributed by atoms with Crippen LogP contribution in [0.4, 0.5) is 11.4 Å². The molecular weight excluding hydrogens is 250 g/mol. The van der Waals surface area contributed by atoms with Crippen molar-refractivity contribution >= 4 is 28.1 Å². The molecule has 1 heterocycles. The van der Waals surface area contributed by atoms with Gasteiger partial charge in [0.05, 0.1) is 11.4 Å². The van der Waals surface area contributed by atoms with Crippen LogP contribution in [0.15, 0.2) is 18.2 Å². The van der Waals surface area contributed by atoms with Gasteiger partial charge in [-0.1, -0.05) is 0 Å². The summed E-state index contributed by atoms with van der Waals surface area (Å²) in [5, 5.41) is 3.32. The van der Waals surface area contributed by atoms with Gasteiger partial charge in [-0.3, -0.25) is 9.00 Å². The van der Waals surface area contributed by atoms with E-state index in [9.17, 15) is 9.00 Å². The van der Waals surface area contributed by atoms with Gasteiger partial charge in [0.2, 0.25) is 5.91 Å². The summed E-state index contributed by atoms with van der Waals surface area (Å²) in [5.74, 6) is 0.981. The number of carbonyl (C=O) groups is 1. The highest BCUT2D eigenvalue weighted by molar-refractivity contribution is 7.85. The van der Waals surface area contributed by atoms with Gasteiger partial charge in [0.1, 0.15) is 0 Å². The Hall–Kier alpha value is -1.56. The molecule has 5 nitrogen and oxygen atoms in total. The van der Waals surface area contributed by atoms with Crippen molar-refractivity contribution in [3.05, 3.63) is 23.8 Å². The molecule has 0 bridgehead atoms. The lowest BCUT2D eigenvalue weighted by atomic mass is 10.1. The van der Waals surface area contributed by atoms with Crippen molar-refractivity contribution in [2.45, 2.75) is 18.9 Å². The van der Waals surface area contributed by atoms with Gasteiger partial charge in [-0.2, -0.15) is 0 Å². The van der Waals surface area contributed by atoms with E-state index in [0.717, 1.165) is 30.0 Å². The summed E-state index contributed by atoms with van der Waals surface area (Å²) < 4.78 is 11.3. The Labute approximate surface area is 108 Å². The van der Waals surface area contributed by atoms with Crippen LogP contribution in [0.5, 0.6) is 0 Å². The molecule has 2 rings (SSSR count). The third-order valence-corrected chi connectivity index (χ3v) is 4.47. The molecule has 0 unspecified atom stereocenters. The van der Waals surface area contributed by atoms with Crippen LogP contribution >= 0.6 is 0 Å². The maximum absolute atomic E-state index is 11.3. The lowest BCUT2D eigenvalue weighted by molar-refractivity contribution is 0.100. The Morgan fingerprint density at radius 2 is 2.00 bits per heavy atom. The van der Waals surface area contributed by atoms with Crippen LogP contribution in [0.1, 0.15) is 23.2 Å². The van der Waals surface area contributed by atoms with E-state index in [1.807, 2.05) is 0 Å².